The van der Waals surface area contributed by atoms with Gasteiger partial charge in [0.05, 0.1) is 0 Å². The predicted octanol–water partition coefficient (Wildman–Crippen LogP) is 1.99. The molecule has 0 aliphatic carbocycles. The van der Waals surface area contributed by atoms with Crippen molar-refractivity contribution in [2.75, 3.05) is 33.2 Å². The molecule has 84 valence electrons. The third kappa shape index (κ3) is 8.27. The van der Waals surface area contributed by atoms with Crippen LogP contribution < -0.4 is 5.32 Å². The Kier molecular flexibility index (Phi) is 7.81. The Bertz CT molecular complexity index is 143. The minimum absolute atomic E-state index is 0.707. The Morgan fingerprint density at radius 2 is 1.93 bits per heavy atom. The van der Waals surface area contributed by atoms with Crippen LogP contribution in [0, 0.1) is 11.8 Å². The van der Waals surface area contributed by atoms with Crippen molar-refractivity contribution in [2.45, 2.75) is 20.8 Å². The van der Waals surface area contributed by atoms with E-state index in [2.05, 4.69) is 44.6 Å². The molecule has 1 unspecified atom stereocenters. The van der Waals surface area contributed by atoms with Gasteiger partial charge in [0.1, 0.15) is 0 Å². The number of nitrogens with one attached hydrogen (secondary N) is 1. The van der Waals surface area contributed by atoms with Crippen molar-refractivity contribution in [2.24, 2.45) is 11.8 Å². The molecule has 0 aliphatic heterocycles. The highest BCUT2D eigenvalue weighted by Gasteiger charge is 2.04. The zero-order valence-corrected chi connectivity index (χ0v) is 10.2. The summed E-state index contributed by atoms with van der Waals surface area (Å²) in [7, 11) is 2.14. The summed E-state index contributed by atoms with van der Waals surface area (Å²) in [5.74, 6) is 1.45. The van der Waals surface area contributed by atoms with Gasteiger partial charge in [-0.3, -0.25) is 0 Å². The number of nitrogens with zero attached hydrogens (tertiary/aromatic N) is 1. The average Bonchev–Trinajstić information content (AvgIpc) is 2.03. The van der Waals surface area contributed by atoms with Gasteiger partial charge >= 0.3 is 0 Å². The lowest BCUT2D eigenvalue weighted by atomic mass is 10.1. The lowest BCUT2D eigenvalue weighted by molar-refractivity contribution is 0.303. The fourth-order valence-corrected chi connectivity index (χ4v) is 1.51. The maximum absolute atomic E-state index is 3.74. The van der Waals surface area contributed by atoms with Gasteiger partial charge in [0, 0.05) is 13.1 Å². The van der Waals surface area contributed by atoms with Crippen LogP contribution in [0.3, 0.4) is 0 Å². The lowest BCUT2D eigenvalue weighted by Crippen LogP contribution is -2.32. The Hall–Kier alpha value is -0.340. The van der Waals surface area contributed by atoms with Crippen molar-refractivity contribution >= 4 is 0 Å². The zero-order valence-electron chi connectivity index (χ0n) is 10.2. The van der Waals surface area contributed by atoms with Crippen LogP contribution >= 0.6 is 0 Å². The van der Waals surface area contributed by atoms with Crippen LogP contribution in [0.1, 0.15) is 20.8 Å². The highest BCUT2D eigenvalue weighted by atomic mass is 15.1. The Morgan fingerprint density at radius 1 is 1.29 bits per heavy atom. The molecule has 0 aromatic rings. The summed E-state index contributed by atoms with van der Waals surface area (Å²) < 4.78 is 0. The number of hydrogen-bond acceptors (Lipinski definition) is 2. The Balaban J connectivity index is 3.44. The molecule has 0 heterocycles. The predicted molar refractivity (Wildman–Crippen MR) is 64.6 cm³/mol. The summed E-state index contributed by atoms with van der Waals surface area (Å²) in [5, 5.41) is 3.48. The zero-order chi connectivity index (χ0) is 11.0. The SMILES string of the molecule is C=CCN(C)CC(C)CNCC(C)C. The number of likely N-dealkylation sites (N-methyl/N-ethyl adjacent to an activating group) is 1. The monoisotopic (exact) mass is 198 g/mol. The van der Waals surface area contributed by atoms with E-state index in [4.69, 9.17) is 0 Å². The largest absolute Gasteiger partial charge is 0.316 e. The van der Waals surface area contributed by atoms with E-state index in [1.54, 1.807) is 0 Å². The average molecular weight is 198 g/mol. The second-order valence-electron chi connectivity index (χ2n) is 4.67. The lowest BCUT2D eigenvalue weighted by Gasteiger charge is -2.20. The van der Waals surface area contributed by atoms with E-state index in [-0.39, 0.29) is 0 Å². The van der Waals surface area contributed by atoms with Crippen LogP contribution in [0.2, 0.25) is 0 Å². The number of rotatable bonds is 8. The van der Waals surface area contributed by atoms with E-state index in [0.717, 1.165) is 32.1 Å². The molecule has 0 fully saturated rings. The summed E-state index contributed by atoms with van der Waals surface area (Å²) in [6.07, 6.45) is 1.95. The smallest absolute Gasteiger partial charge is 0.0157 e. The van der Waals surface area contributed by atoms with E-state index >= 15 is 0 Å². The van der Waals surface area contributed by atoms with Gasteiger partial charge < -0.3 is 10.2 Å². The molecule has 2 heteroatoms. The van der Waals surface area contributed by atoms with E-state index < -0.39 is 0 Å². The molecule has 0 spiro atoms. The third-order valence-corrected chi connectivity index (χ3v) is 2.11. The van der Waals surface area contributed by atoms with Gasteiger partial charge in [-0.2, -0.15) is 0 Å². The highest BCUT2D eigenvalue weighted by molar-refractivity contribution is 4.72. The molecular formula is C12H26N2. The summed E-state index contributed by atoms with van der Waals surface area (Å²) >= 11 is 0. The molecule has 1 N–H and O–H groups in total. The van der Waals surface area contributed by atoms with Crippen molar-refractivity contribution in [1.82, 2.24) is 10.2 Å². The molecule has 0 bridgehead atoms. The Morgan fingerprint density at radius 3 is 2.43 bits per heavy atom. The first-order valence-electron chi connectivity index (χ1n) is 5.56. The summed E-state index contributed by atoms with van der Waals surface area (Å²) in [6.45, 7) is 14.8. The van der Waals surface area contributed by atoms with Crippen molar-refractivity contribution in [3.8, 4) is 0 Å². The van der Waals surface area contributed by atoms with Crippen molar-refractivity contribution < 1.29 is 0 Å². The molecule has 0 saturated heterocycles. The fraction of sp³-hybridized carbons (Fsp3) is 0.833. The second-order valence-corrected chi connectivity index (χ2v) is 4.67. The van der Waals surface area contributed by atoms with Crippen LogP contribution in [0.4, 0.5) is 0 Å². The summed E-state index contributed by atoms with van der Waals surface area (Å²) in [5.41, 5.74) is 0. The molecule has 1 atom stereocenters. The Labute approximate surface area is 89.4 Å². The minimum Gasteiger partial charge on any atom is -0.316 e. The van der Waals surface area contributed by atoms with E-state index in [1.807, 2.05) is 6.08 Å². The third-order valence-electron chi connectivity index (χ3n) is 2.11. The van der Waals surface area contributed by atoms with Gasteiger partial charge in [0.15, 0.2) is 0 Å². The molecular weight excluding hydrogens is 172 g/mol. The molecule has 0 saturated carbocycles. The first kappa shape index (κ1) is 13.7. The molecule has 0 aliphatic rings. The van der Waals surface area contributed by atoms with Crippen LogP contribution in [-0.2, 0) is 0 Å². The van der Waals surface area contributed by atoms with Crippen molar-refractivity contribution in [3.05, 3.63) is 12.7 Å². The molecule has 0 aromatic carbocycles. The first-order chi connectivity index (χ1) is 6.56. The number of hydrogen-bond donors (Lipinski definition) is 1. The quantitative estimate of drug-likeness (QED) is 0.600. The molecule has 0 radical (unpaired) electrons. The van der Waals surface area contributed by atoms with E-state index in [1.165, 1.54) is 0 Å². The van der Waals surface area contributed by atoms with Crippen LogP contribution in [-0.4, -0.2) is 38.1 Å². The molecule has 14 heavy (non-hydrogen) atoms. The molecule has 2 nitrogen and oxygen atoms in total. The summed E-state index contributed by atoms with van der Waals surface area (Å²) in [4.78, 5) is 2.30. The van der Waals surface area contributed by atoms with Crippen LogP contribution in [0.25, 0.3) is 0 Å². The standard InChI is InChI=1S/C12H26N2/c1-6-7-14(5)10-12(4)9-13-8-11(2)3/h6,11-13H,1,7-10H2,2-5H3. The normalized spacial score (nSPS) is 13.6. The van der Waals surface area contributed by atoms with Gasteiger partial charge in [0.2, 0.25) is 0 Å². The highest BCUT2D eigenvalue weighted by Crippen LogP contribution is 1.97. The van der Waals surface area contributed by atoms with Gasteiger partial charge in [-0.25, -0.2) is 0 Å². The van der Waals surface area contributed by atoms with E-state index in [0.29, 0.717) is 5.92 Å². The maximum atomic E-state index is 3.74. The van der Waals surface area contributed by atoms with Gasteiger partial charge in [-0.1, -0.05) is 26.8 Å². The van der Waals surface area contributed by atoms with Gasteiger partial charge in [0.25, 0.3) is 0 Å². The molecule has 0 aromatic heterocycles. The first-order valence-corrected chi connectivity index (χ1v) is 5.56. The molecule has 0 rings (SSSR count). The van der Waals surface area contributed by atoms with Crippen molar-refractivity contribution in [1.29, 1.82) is 0 Å². The van der Waals surface area contributed by atoms with Gasteiger partial charge in [-0.15, -0.1) is 6.58 Å². The van der Waals surface area contributed by atoms with Crippen LogP contribution in [0.5, 0.6) is 0 Å². The van der Waals surface area contributed by atoms with E-state index in [9.17, 15) is 0 Å². The second kappa shape index (κ2) is 8.01. The summed E-state index contributed by atoms with van der Waals surface area (Å²) in [6, 6.07) is 0. The minimum atomic E-state index is 0.707. The molecule has 0 amide bonds. The van der Waals surface area contributed by atoms with Crippen molar-refractivity contribution in [3.63, 3.8) is 0 Å². The van der Waals surface area contributed by atoms with Gasteiger partial charge in [-0.05, 0) is 32.0 Å². The maximum Gasteiger partial charge on any atom is 0.0157 e. The topological polar surface area (TPSA) is 15.3 Å². The fourth-order valence-electron chi connectivity index (χ4n) is 1.51. The van der Waals surface area contributed by atoms with Crippen LogP contribution in [0.15, 0.2) is 12.7 Å².